The highest BCUT2D eigenvalue weighted by molar-refractivity contribution is 4.86. The van der Waals surface area contributed by atoms with E-state index in [4.69, 9.17) is 0 Å². The Bertz CT molecular complexity index is 179. The highest BCUT2D eigenvalue weighted by atomic mass is 15.2. The zero-order valence-corrected chi connectivity index (χ0v) is 9.79. The Kier molecular flexibility index (Phi) is 4.63. The lowest BCUT2D eigenvalue weighted by molar-refractivity contribution is 0.115. The van der Waals surface area contributed by atoms with E-state index < -0.39 is 0 Å². The van der Waals surface area contributed by atoms with Gasteiger partial charge in [-0.05, 0) is 39.3 Å². The van der Waals surface area contributed by atoms with Gasteiger partial charge in [0.25, 0.3) is 0 Å². The van der Waals surface area contributed by atoms with Crippen LogP contribution in [0.15, 0.2) is 12.7 Å². The first-order valence-corrected chi connectivity index (χ1v) is 5.71. The van der Waals surface area contributed by atoms with Crippen molar-refractivity contribution in [3.05, 3.63) is 12.7 Å². The van der Waals surface area contributed by atoms with Crippen LogP contribution < -0.4 is 5.32 Å². The Morgan fingerprint density at radius 1 is 1.64 bits per heavy atom. The Morgan fingerprint density at radius 2 is 2.36 bits per heavy atom. The summed E-state index contributed by atoms with van der Waals surface area (Å²) in [6, 6.07) is 1.37. The molecule has 0 bridgehead atoms. The maximum absolute atomic E-state index is 3.81. The lowest BCUT2D eigenvalue weighted by atomic mass is 9.93. The molecule has 0 aromatic heterocycles. The van der Waals surface area contributed by atoms with Gasteiger partial charge in [0.15, 0.2) is 0 Å². The maximum atomic E-state index is 3.81. The summed E-state index contributed by atoms with van der Waals surface area (Å²) in [6.45, 7) is 10.9. The molecule has 1 aliphatic rings. The number of hydrogen-bond donors (Lipinski definition) is 1. The number of nitrogens with zero attached hydrogens (tertiary/aromatic N) is 1. The first kappa shape index (κ1) is 11.7. The second-order valence-corrected chi connectivity index (χ2v) is 4.53. The van der Waals surface area contributed by atoms with Crippen molar-refractivity contribution >= 4 is 0 Å². The van der Waals surface area contributed by atoms with E-state index >= 15 is 0 Å². The van der Waals surface area contributed by atoms with Crippen LogP contribution in [0, 0.1) is 5.92 Å². The minimum absolute atomic E-state index is 0.660. The molecular weight excluding hydrogens is 172 g/mol. The summed E-state index contributed by atoms with van der Waals surface area (Å²) >= 11 is 0. The Balaban J connectivity index is 2.41. The highest BCUT2D eigenvalue weighted by Gasteiger charge is 2.26. The van der Waals surface area contributed by atoms with E-state index in [0.29, 0.717) is 12.1 Å². The molecule has 2 nitrogen and oxygen atoms in total. The van der Waals surface area contributed by atoms with Crippen molar-refractivity contribution < 1.29 is 0 Å². The summed E-state index contributed by atoms with van der Waals surface area (Å²) < 4.78 is 0. The third-order valence-corrected chi connectivity index (χ3v) is 3.44. The van der Waals surface area contributed by atoms with Crippen LogP contribution >= 0.6 is 0 Å². The average Bonchev–Trinajstić information content (AvgIpc) is 2.18. The third kappa shape index (κ3) is 2.82. The second kappa shape index (κ2) is 5.52. The van der Waals surface area contributed by atoms with Gasteiger partial charge in [0, 0.05) is 18.6 Å². The van der Waals surface area contributed by atoms with Gasteiger partial charge in [0.05, 0.1) is 0 Å². The van der Waals surface area contributed by atoms with Crippen LogP contribution in [0.3, 0.4) is 0 Å². The largest absolute Gasteiger partial charge is 0.317 e. The van der Waals surface area contributed by atoms with Crippen molar-refractivity contribution in [2.24, 2.45) is 5.92 Å². The summed E-state index contributed by atoms with van der Waals surface area (Å²) in [5.74, 6) is 0.765. The highest BCUT2D eigenvalue weighted by Crippen LogP contribution is 2.19. The molecule has 0 aromatic rings. The summed E-state index contributed by atoms with van der Waals surface area (Å²) in [4.78, 5) is 2.58. The van der Waals surface area contributed by atoms with E-state index in [1.807, 2.05) is 6.08 Å². The smallest absolute Gasteiger partial charge is 0.0114 e. The third-order valence-electron chi connectivity index (χ3n) is 3.44. The van der Waals surface area contributed by atoms with Gasteiger partial charge in [-0.15, -0.1) is 6.58 Å². The molecule has 2 heteroatoms. The van der Waals surface area contributed by atoms with E-state index in [9.17, 15) is 0 Å². The molecule has 0 aliphatic carbocycles. The van der Waals surface area contributed by atoms with Gasteiger partial charge in [-0.1, -0.05) is 13.0 Å². The average molecular weight is 196 g/mol. The van der Waals surface area contributed by atoms with Gasteiger partial charge < -0.3 is 5.32 Å². The predicted molar refractivity (Wildman–Crippen MR) is 62.5 cm³/mol. The van der Waals surface area contributed by atoms with Crippen molar-refractivity contribution in [1.29, 1.82) is 0 Å². The molecule has 0 spiro atoms. The molecule has 1 aliphatic heterocycles. The van der Waals surface area contributed by atoms with Crippen molar-refractivity contribution in [3.63, 3.8) is 0 Å². The van der Waals surface area contributed by atoms with Gasteiger partial charge in [-0.3, -0.25) is 4.90 Å². The topological polar surface area (TPSA) is 15.3 Å². The van der Waals surface area contributed by atoms with E-state index in [2.05, 4.69) is 37.7 Å². The van der Waals surface area contributed by atoms with Crippen LogP contribution in [-0.4, -0.2) is 37.1 Å². The predicted octanol–water partition coefficient (Wildman–Crippen LogP) is 1.88. The van der Waals surface area contributed by atoms with Crippen molar-refractivity contribution in [2.45, 2.75) is 38.8 Å². The normalized spacial score (nSPS) is 31.4. The molecule has 1 heterocycles. The number of rotatable bonds is 4. The molecule has 0 amide bonds. The van der Waals surface area contributed by atoms with Gasteiger partial charge in [0.2, 0.25) is 0 Å². The van der Waals surface area contributed by atoms with E-state index in [-0.39, 0.29) is 0 Å². The van der Waals surface area contributed by atoms with Crippen molar-refractivity contribution in [1.82, 2.24) is 10.2 Å². The number of likely N-dealkylation sites (tertiary alicyclic amines) is 1. The standard InChI is InChI=1S/C12H24N2/c1-5-6-11(3)14-8-7-12(13-4)10(2)9-14/h5,10-13H,1,6-9H2,2-4H3. The molecule has 1 saturated heterocycles. The van der Waals surface area contributed by atoms with Crippen LogP contribution in [0.25, 0.3) is 0 Å². The minimum Gasteiger partial charge on any atom is -0.317 e. The van der Waals surface area contributed by atoms with E-state index in [1.54, 1.807) is 0 Å². The zero-order chi connectivity index (χ0) is 10.6. The van der Waals surface area contributed by atoms with Crippen LogP contribution in [0.2, 0.25) is 0 Å². The quantitative estimate of drug-likeness (QED) is 0.691. The van der Waals surface area contributed by atoms with Gasteiger partial charge in [-0.25, -0.2) is 0 Å². The second-order valence-electron chi connectivity index (χ2n) is 4.53. The minimum atomic E-state index is 0.660. The monoisotopic (exact) mass is 196 g/mol. The van der Waals surface area contributed by atoms with Gasteiger partial charge in [0.1, 0.15) is 0 Å². The molecule has 3 atom stereocenters. The molecule has 0 saturated carbocycles. The number of piperidine rings is 1. The van der Waals surface area contributed by atoms with E-state index in [1.165, 1.54) is 19.5 Å². The molecule has 1 rings (SSSR count). The van der Waals surface area contributed by atoms with E-state index in [0.717, 1.165) is 12.3 Å². The van der Waals surface area contributed by atoms with Crippen molar-refractivity contribution in [3.8, 4) is 0 Å². The fraction of sp³-hybridized carbons (Fsp3) is 0.833. The Morgan fingerprint density at radius 3 is 2.86 bits per heavy atom. The molecule has 0 radical (unpaired) electrons. The van der Waals surface area contributed by atoms with Gasteiger partial charge in [-0.2, -0.15) is 0 Å². The fourth-order valence-electron chi connectivity index (χ4n) is 2.40. The summed E-state index contributed by atoms with van der Waals surface area (Å²) in [7, 11) is 2.07. The van der Waals surface area contributed by atoms with Crippen LogP contribution in [0.1, 0.15) is 26.7 Å². The van der Waals surface area contributed by atoms with Crippen LogP contribution in [0.5, 0.6) is 0 Å². The summed E-state index contributed by atoms with van der Waals surface area (Å²) in [5, 5.41) is 3.40. The fourth-order valence-corrected chi connectivity index (χ4v) is 2.40. The van der Waals surface area contributed by atoms with Crippen LogP contribution in [-0.2, 0) is 0 Å². The molecule has 3 unspecified atom stereocenters. The van der Waals surface area contributed by atoms with Gasteiger partial charge >= 0.3 is 0 Å². The Hall–Kier alpha value is -0.340. The summed E-state index contributed by atoms with van der Waals surface area (Å²) in [5.41, 5.74) is 0. The maximum Gasteiger partial charge on any atom is 0.0114 e. The van der Waals surface area contributed by atoms with Crippen LogP contribution in [0.4, 0.5) is 0 Å². The molecule has 14 heavy (non-hydrogen) atoms. The SMILES string of the molecule is C=CCC(C)N1CCC(NC)C(C)C1. The lowest BCUT2D eigenvalue weighted by Gasteiger charge is -2.39. The molecule has 0 aromatic carbocycles. The zero-order valence-electron chi connectivity index (χ0n) is 9.79. The number of nitrogens with one attached hydrogen (secondary N) is 1. The first-order valence-electron chi connectivity index (χ1n) is 5.71. The Labute approximate surface area is 88.4 Å². The molecular formula is C12H24N2. The van der Waals surface area contributed by atoms with Crippen molar-refractivity contribution in [2.75, 3.05) is 20.1 Å². The summed E-state index contributed by atoms with van der Waals surface area (Å²) in [6.07, 6.45) is 4.41. The lowest BCUT2D eigenvalue weighted by Crippen LogP contribution is -2.49. The molecule has 82 valence electrons. The molecule has 1 fully saturated rings. The molecule has 1 N–H and O–H groups in total. The number of hydrogen-bond acceptors (Lipinski definition) is 2. The first-order chi connectivity index (χ1) is 6.69.